The molecule has 6 nitrogen and oxygen atoms in total. The molecule has 3 amide bonds. The Morgan fingerprint density at radius 2 is 1.96 bits per heavy atom. The van der Waals surface area contributed by atoms with Crippen molar-refractivity contribution < 1.29 is 19.1 Å². The van der Waals surface area contributed by atoms with E-state index in [-0.39, 0.29) is 35.4 Å². The van der Waals surface area contributed by atoms with E-state index < -0.39 is 0 Å². The number of rotatable bonds is 7. The van der Waals surface area contributed by atoms with Gasteiger partial charge in [-0.2, -0.15) is 0 Å². The molecule has 2 aromatic rings. The Morgan fingerprint density at radius 1 is 1.21 bits per heavy atom. The van der Waals surface area contributed by atoms with E-state index >= 15 is 0 Å². The molecule has 1 heterocycles. The van der Waals surface area contributed by atoms with Gasteiger partial charge in [0, 0.05) is 5.56 Å². The second-order valence-electron chi connectivity index (χ2n) is 6.43. The number of thioether (sulfide) groups is 1. The monoisotopic (exact) mass is 398 g/mol. The standard InChI is InChI=1S/C21H22N2O4S/c1-3-27-18-9-7-16(8-10-18)14(2)22-20(25)17-6-4-5-15(11-17)12-23-19(24)13-28-21(23)26/h4-11,14H,3,12-13H2,1-2H3,(H,22,25). The summed E-state index contributed by atoms with van der Waals surface area (Å²) in [6.45, 7) is 4.63. The molecule has 2 aromatic carbocycles. The summed E-state index contributed by atoms with van der Waals surface area (Å²) >= 11 is 1.00. The average molecular weight is 398 g/mol. The minimum Gasteiger partial charge on any atom is -0.494 e. The molecule has 0 bridgehead atoms. The highest BCUT2D eigenvalue weighted by Gasteiger charge is 2.29. The normalized spacial score (nSPS) is 14.9. The molecule has 1 aliphatic rings. The summed E-state index contributed by atoms with van der Waals surface area (Å²) < 4.78 is 5.43. The molecular weight excluding hydrogens is 376 g/mol. The second kappa shape index (κ2) is 8.93. The zero-order valence-electron chi connectivity index (χ0n) is 15.8. The number of benzene rings is 2. The summed E-state index contributed by atoms with van der Waals surface area (Å²) in [5.41, 5.74) is 2.20. The largest absolute Gasteiger partial charge is 0.494 e. The van der Waals surface area contributed by atoms with Gasteiger partial charge in [0.1, 0.15) is 5.75 Å². The van der Waals surface area contributed by atoms with Crippen LogP contribution in [-0.4, -0.2) is 34.3 Å². The highest BCUT2D eigenvalue weighted by atomic mass is 32.2. The first-order valence-electron chi connectivity index (χ1n) is 9.07. The van der Waals surface area contributed by atoms with Crippen molar-refractivity contribution in [2.75, 3.05) is 12.4 Å². The summed E-state index contributed by atoms with van der Waals surface area (Å²) in [6.07, 6.45) is 0. The highest BCUT2D eigenvalue weighted by molar-refractivity contribution is 8.14. The molecule has 0 saturated carbocycles. The number of imide groups is 1. The fraction of sp³-hybridized carbons (Fsp3) is 0.286. The van der Waals surface area contributed by atoms with Gasteiger partial charge in [0.15, 0.2) is 0 Å². The van der Waals surface area contributed by atoms with Crippen molar-refractivity contribution in [1.29, 1.82) is 0 Å². The van der Waals surface area contributed by atoms with Gasteiger partial charge in [0.05, 0.1) is 24.9 Å². The molecule has 0 spiro atoms. The van der Waals surface area contributed by atoms with Crippen LogP contribution in [0.2, 0.25) is 0 Å². The first-order chi connectivity index (χ1) is 13.5. The quantitative estimate of drug-likeness (QED) is 0.768. The Hall–Kier alpha value is -2.80. The maximum Gasteiger partial charge on any atom is 0.289 e. The molecule has 3 rings (SSSR count). The molecule has 28 heavy (non-hydrogen) atoms. The molecule has 1 aliphatic heterocycles. The number of ether oxygens (including phenoxy) is 1. The summed E-state index contributed by atoms with van der Waals surface area (Å²) in [5.74, 6) is 0.561. The number of nitrogens with zero attached hydrogens (tertiary/aromatic N) is 1. The molecule has 1 unspecified atom stereocenters. The molecule has 0 aliphatic carbocycles. The Morgan fingerprint density at radius 3 is 2.61 bits per heavy atom. The maximum absolute atomic E-state index is 12.6. The number of amides is 3. The SMILES string of the molecule is CCOc1ccc(C(C)NC(=O)c2cccc(CN3C(=O)CSC3=O)c2)cc1. The van der Waals surface area contributed by atoms with Crippen LogP contribution in [0.4, 0.5) is 4.79 Å². The van der Waals surface area contributed by atoms with Gasteiger partial charge >= 0.3 is 0 Å². The molecule has 1 N–H and O–H groups in total. The number of nitrogens with one attached hydrogen (secondary N) is 1. The predicted octanol–water partition coefficient (Wildman–Crippen LogP) is 3.77. The Labute approximate surface area is 168 Å². The van der Waals surface area contributed by atoms with Crippen LogP contribution in [0.25, 0.3) is 0 Å². The lowest BCUT2D eigenvalue weighted by Gasteiger charge is -2.16. The van der Waals surface area contributed by atoms with Gasteiger partial charge in [0.2, 0.25) is 5.91 Å². The number of hydrogen-bond donors (Lipinski definition) is 1. The third-order valence-corrected chi connectivity index (χ3v) is 5.27. The summed E-state index contributed by atoms with van der Waals surface area (Å²) in [5, 5.41) is 2.72. The van der Waals surface area contributed by atoms with E-state index in [1.165, 1.54) is 4.90 Å². The van der Waals surface area contributed by atoms with Crippen molar-refractivity contribution in [3.8, 4) is 5.75 Å². The van der Waals surface area contributed by atoms with Crippen LogP contribution in [0, 0.1) is 0 Å². The first kappa shape index (κ1) is 19.9. The Bertz CT molecular complexity index is 866. The molecule has 0 aromatic heterocycles. The molecule has 0 radical (unpaired) electrons. The average Bonchev–Trinajstić information content (AvgIpc) is 3.01. The van der Waals surface area contributed by atoms with E-state index in [4.69, 9.17) is 4.74 Å². The van der Waals surface area contributed by atoms with Gasteiger partial charge in [-0.15, -0.1) is 0 Å². The lowest BCUT2D eigenvalue weighted by molar-refractivity contribution is -0.125. The fourth-order valence-electron chi connectivity index (χ4n) is 2.91. The van der Waals surface area contributed by atoms with Crippen LogP contribution in [0.1, 0.15) is 41.4 Å². The van der Waals surface area contributed by atoms with Gasteiger partial charge in [0.25, 0.3) is 11.1 Å². The minimum absolute atomic E-state index is 0.176. The predicted molar refractivity (Wildman–Crippen MR) is 108 cm³/mol. The van der Waals surface area contributed by atoms with E-state index in [9.17, 15) is 14.4 Å². The van der Waals surface area contributed by atoms with Crippen molar-refractivity contribution >= 4 is 28.8 Å². The van der Waals surface area contributed by atoms with E-state index in [2.05, 4.69) is 5.32 Å². The molecular formula is C21H22N2O4S. The van der Waals surface area contributed by atoms with Crippen LogP contribution < -0.4 is 10.1 Å². The maximum atomic E-state index is 12.6. The zero-order valence-corrected chi connectivity index (χ0v) is 16.6. The van der Waals surface area contributed by atoms with Crippen molar-refractivity contribution in [1.82, 2.24) is 10.2 Å². The van der Waals surface area contributed by atoms with Gasteiger partial charge in [-0.05, 0) is 49.2 Å². The lowest BCUT2D eigenvalue weighted by Crippen LogP contribution is -2.29. The Kier molecular flexibility index (Phi) is 6.36. The van der Waals surface area contributed by atoms with Gasteiger partial charge in [-0.1, -0.05) is 36.0 Å². The van der Waals surface area contributed by atoms with Crippen molar-refractivity contribution in [2.24, 2.45) is 0 Å². The molecule has 1 saturated heterocycles. The lowest BCUT2D eigenvalue weighted by atomic mass is 10.1. The van der Waals surface area contributed by atoms with Crippen LogP contribution >= 0.6 is 11.8 Å². The molecule has 7 heteroatoms. The number of carbonyl (C=O) groups excluding carboxylic acids is 3. The van der Waals surface area contributed by atoms with Crippen molar-refractivity contribution in [3.05, 3.63) is 65.2 Å². The van der Waals surface area contributed by atoms with E-state index in [0.717, 1.165) is 28.6 Å². The summed E-state index contributed by atoms with van der Waals surface area (Å²) in [4.78, 5) is 37.4. The third kappa shape index (κ3) is 4.72. The second-order valence-corrected chi connectivity index (χ2v) is 7.36. The smallest absolute Gasteiger partial charge is 0.289 e. The van der Waals surface area contributed by atoms with Crippen molar-refractivity contribution in [2.45, 2.75) is 26.4 Å². The summed E-state index contributed by atoms with van der Waals surface area (Å²) in [7, 11) is 0. The third-order valence-electron chi connectivity index (χ3n) is 4.41. The zero-order chi connectivity index (χ0) is 20.1. The van der Waals surface area contributed by atoms with E-state index in [0.29, 0.717) is 12.2 Å². The molecule has 146 valence electrons. The van der Waals surface area contributed by atoms with Gasteiger partial charge in [-0.25, -0.2) is 0 Å². The molecule has 1 fully saturated rings. The van der Waals surface area contributed by atoms with Crippen molar-refractivity contribution in [3.63, 3.8) is 0 Å². The van der Waals surface area contributed by atoms with Crippen LogP contribution in [0.3, 0.4) is 0 Å². The van der Waals surface area contributed by atoms with Gasteiger partial charge < -0.3 is 10.1 Å². The van der Waals surface area contributed by atoms with Crippen LogP contribution in [-0.2, 0) is 11.3 Å². The van der Waals surface area contributed by atoms with Gasteiger partial charge in [-0.3, -0.25) is 19.3 Å². The summed E-state index contributed by atoms with van der Waals surface area (Å²) in [6, 6.07) is 14.4. The van der Waals surface area contributed by atoms with Crippen LogP contribution in [0.5, 0.6) is 5.75 Å². The Balaban J connectivity index is 1.65. The molecule has 1 atom stereocenters. The fourth-order valence-corrected chi connectivity index (χ4v) is 3.64. The van der Waals surface area contributed by atoms with E-state index in [1.54, 1.807) is 24.3 Å². The topological polar surface area (TPSA) is 75.7 Å². The first-order valence-corrected chi connectivity index (χ1v) is 10.1. The van der Waals surface area contributed by atoms with E-state index in [1.807, 2.05) is 38.1 Å². The van der Waals surface area contributed by atoms with Crippen LogP contribution in [0.15, 0.2) is 48.5 Å². The number of carbonyl (C=O) groups is 3. The highest BCUT2D eigenvalue weighted by Crippen LogP contribution is 2.22. The minimum atomic E-state index is -0.246. The number of hydrogen-bond acceptors (Lipinski definition) is 5.